The molecule has 0 saturated heterocycles. The van der Waals surface area contributed by atoms with E-state index in [-0.39, 0.29) is 47.8 Å². The summed E-state index contributed by atoms with van der Waals surface area (Å²) in [6.45, 7) is 5.97. The van der Waals surface area contributed by atoms with Gasteiger partial charge in [-0.25, -0.2) is 17.5 Å². The standard InChI is InChI=1S/C27H33ClFN3O5S2/c1-27(2,3)37-17-22(32-25(33)16-20-14-18-8-4-5-9-23(18)38-20)26(34)30-12-6-7-13-31-39(35,36)24-11-10-19(29)15-21(24)28/h4-5,8-11,14-15,22,31H,6-7,12-13,16-17H2,1-3H3,(H,30,34)(H,32,33)/t22-/m0/s1. The molecular weight excluding hydrogens is 565 g/mol. The molecule has 0 unspecified atom stereocenters. The fourth-order valence-electron chi connectivity index (χ4n) is 3.61. The predicted octanol–water partition coefficient (Wildman–Crippen LogP) is 4.41. The molecule has 2 aromatic carbocycles. The molecule has 3 aromatic rings. The third-order valence-corrected chi connectivity index (χ3v) is 8.58. The van der Waals surface area contributed by atoms with Gasteiger partial charge in [0.15, 0.2) is 0 Å². The maximum Gasteiger partial charge on any atom is 0.244 e. The molecule has 8 nitrogen and oxygen atoms in total. The lowest BCUT2D eigenvalue weighted by Crippen LogP contribution is -2.51. The summed E-state index contributed by atoms with van der Waals surface area (Å²) < 4.78 is 47.3. The summed E-state index contributed by atoms with van der Waals surface area (Å²) in [5.41, 5.74) is -0.501. The maximum absolute atomic E-state index is 13.2. The Hall–Kier alpha value is -2.57. The summed E-state index contributed by atoms with van der Waals surface area (Å²) in [6.07, 6.45) is 1.06. The van der Waals surface area contributed by atoms with Crippen molar-refractivity contribution in [1.82, 2.24) is 15.4 Å². The highest BCUT2D eigenvalue weighted by molar-refractivity contribution is 7.89. The van der Waals surface area contributed by atoms with Crippen molar-refractivity contribution in [3.8, 4) is 0 Å². The molecular formula is C27H33ClFN3O5S2. The van der Waals surface area contributed by atoms with E-state index in [2.05, 4.69) is 15.4 Å². The van der Waals surface area contributed by atoms with Crippen LogP contribution in [0.1, 0.15) is 38.5 Å². The molecule has 1 heterocycles. The Morgan fingerprint density at radius 1 is 1.08 bits per heavy atom. The molecule has 39 heavy (non-hydrogen) atoms. The van der Waals surface area contributed by atoms with Crippen LogP contribution >= 0.6 is 22.9 Å². The lowest BCUT2D eigenvalue weighted by molar-refractivity contribution is -0.132. The van der Waals surface area contributed by atoms with E-state index in [0.717, 1.165) is 33.2 Å². The zero-order chi connectivity index (χ0) is 28.6. The second-order valence-electron chi connectivity index (χ2n) is 9.94. The SMILES string of the molecule is CC(C)(C)OC[C@H](NC(=O)Cc1cc2ccccc2s1)C(=O)NCCCCNS(=O)(=O)c1ccc(F)cc1Cl. The number of nitrogens with one attached hydrogen (secondary N) is 3. The van der Waals surface area contributed by atoms with E-state index < -0.39 is 27.5 Å². The van der Waals surface area contributed by atoms with E-state index >= 15 is 0 Å². The topological polar surface area (TPSA) is 114 Å². The number of rotatable bonds is 13. The first-order valence-electron chi connectivity index (χ1n) is 12.5. The first-order valence-corrected chi connectivity index (χ1v) is 15.1. The molecule has 0 spiro atoms. The van der Waals surface area contributed by atoms with E-state index in [1.54, 1.807) is 0 Å². The zero-order valence-corrected chi connectivity index (χ0v) is 24.4. The molecule has 3 rings (SSSR count). The minimum absolute atomic E-state index is 0.00567. The number of hydrogen-bond acceptors (Lipinski definition) is 6. The summed E-state index contributed by atoms with van der Waals surface area (Å²) in [4.78, 5) is 26.3. The second kappa shape index (κ2) is 13.7. The third kappa shape index (κ3) is 9.84. The van der Waals surface area contributed by atoms with Gasteiger partial charge >= 0.3 is 0 Å². The van der Waals surface area contributed by atoms with Gasteiger partial charge < -0.3 is 15.4 Å². The highest BCUT2D eigenvalue weighted by Gasteiger charge is 2.24. The minimum atomic E-state index is -3.89. The van der Waals surface area contributed by atoms with Crippen LogP contribution in [-0.2, 0) is 30.8 Å². The molecule has 1 aromatic heterocycles. The van der Waals surface area contributed by atoms with E-state index in [4.69, 9.17) is 16.3 Å². The number of carbonyl (C=O) groups excluding carboxylic acids is 2. The van der Waals surface area contributed by atoms with Gasteiger partial charge in [0.2, 0.25) is 21.8 Å². The molecule has 1 atom stereocenters. The smallest absolute Gasteiger partial charge is 0.244 e. The van der Waals surface area contributed by atoms with Crippen LogP contribution in [0.4, 0.5) is 4.39 Å². The Labute approximate surface area is 237 Å². The number of halogens is 2. The number of carbonyl (C=O) groups is 2. The number of sulfonamides is 1. The lowest BCUT2D eigenvalue weighted by atomic mass is 10.2. The van der Waals surface area contributed by atoms with Gasteiger partial charge in [-0.3, -0.25) is 9.59 Å². The molecule has 0 aliphatic rings. The average molecular weight is 598 g/mol. The molecule has 0 fully saturated rings. The maximum atomic E-state index is 13.2. The highest BCUT2D eigenvalue weighted by Crippen LogP contribution is 2.25. The monoisotopic (exact) mass is 597 g/mol. The molecule has 0 aliphatic carbocycles. The lowest BCUT2D eigenvalue weighted by Gasteiger charge is -2.24. The highest BCUT2D eigenvalue weighted by atomic mass is 35.5. The van der Waals surface area contributed by atoms with Crippen molar-refractivity contribution < 1.29 is 27.1 Å². The van der Waals surface area contributed by atoms with Crippen molar-refractivity contribution in [1.29, 1.82) is 0 Å². The van der Waals surface area contributed by atoms with Gasteiger partial charge in [-0.15, -0.1) is 11.3 Å². The van der Waals surface area contributed by atoms with Crippen molar-refractivity contribution in [3.05, 3.63) is 64.2 Å². The van der Waals surface area contributed by atoms with Crippen molar-refractivity contribution in [2.45, 2.75) is 56.6 Å². The second-order valence-corrected chi connectivity index (χ2v) is 13.3. The van der Waals surface area contributed by atoms with Crippen molar-refractivity contribution >= 4 is 54.9 Å². The first kappa shape index (κ1) is 31.0. The third-order valence-electron chi connectivity index (χ3n) is 5.52. The van der Waals surface area contributed by atoms with Crippen LogP contribution in [0.2, 0.25) is 5.02 Å². The zero-order valence-electron chi connectivity index (χ0n) is 22.1. The van der Waals surface area contributed by atoms with E-state index in [1.165, 1.54) is 11.3 Å². The van der Waals surface area contributed by atoms with Gasteiger partial charge in [-0.2, -0.15) is 0 Å². The van der Waals surface area contributed by atoms with Gasteiger partial charge in [0, 0.05) is 22.7 Å². The van der Waals surface area contributed by atoms with E-state index in [9.17, 15) is 22.4 Å². The molecule has 0 bridgehead atoms. The summed E-state index contributed by atoms with van der Waals surface area (Å²) in [5, 5.41) is 6.43. The van der Waals surface area contributed by atoms with Crippen LogP contribution in [0.15, 0.2) is 53.4 Å². The fraction of sp³-hybridized carbons (Fsp3) is 0.407. The van der Waals surface area contributed by atoms with E-state index in [1.807, 2.05) is 51.1 Å². The van der Waals surface area contributed by atoms with Gasteiger partial charge in [0.05, 0.1) is 23.7 Å². The largest absolute Gasteiger partial charge is 0.373 e. The molecule has 2 amide bonds. The first-order chi connectivity index (χ1) is 18.3. The number of ether oxygens (including phenoxy) is 1. The molecule has 3 N–H and O–H groups in total. The molecule has 0 radical (unpaired) electrons. The quantitative estimate of drug-likeness (QED) is 0.253. The summed E-state index contributed by atoms with van der Waals surface area (Å²) >= 11 is 7.38. The number of benzene rings is 2. The minimum Gasteiger partial charge on any atom is -0.373 e. The Kier molecular flexibility index (Phi) is 10.9. The van der Waals surface area contributed by atoms with Crippen LogP contribution in [0.5, 0.6) is 0 Å². The fourth-order valence-corrected chi connectivity index (χ4v) is 6.27. The summed E-state index contributed by atoms with van der Waals surface area (Å²) in [5.74, 6) is -1.30. The Morgan fingerprint density at radius 2 is 1.79 bits per heavy atom. The normalized spacial score (nSPS) is 12.8. The van der Waals surface area contributed by atoms with Crippen LogP contribution in [-0.4, -0.2) is 51.6 Å². The number of fused-ring (bicyclic) bond motifs is 1. The number of unbranched alkanes of at least 4 members (excludes halogenated alkanes) is 1. The van der Waals surface area contributed by atoms with Crippen molar-refractivity contribution in [3.63, 3.8) is 0 Å². The van der Waals surface area contributed by atoms with Gasteiger partial charge in [0.1, 0.15) is 16.8 Å². The van der Waals surface area contributed by atoms with Gasteiger partial charge in [-0.1, -0.05) is 29.8 Å². The van der Waals surface area contributed by atoms with Crippen LogP contribution in [0.25, 0.3) is 10.1 Å². The van der Waals surface area contributed by atoms with Crippen molar-refractivity contribution in [2.24, 2.45) is 0 Å². The Bertz CT molecular complexity index is 1370. The Balaban J connectivity index is 1.47. The Morgan fingerprint density at radius 3 is 2.49 bits per heavy atom. The molecule has 212 valence electrons. The predicted molar refractivity (Wildman–Crippen MR) is 152 cm³/mol. The van der Waals surface area contributed by atoms with Crippen LogP contribution in [0.3, 0.4) is 0 Å². The van der Waals surface area contributed by atoms with Crippen LogP contribution < -0.4 is 15.4 Å². The van der Waals surface area contributed by atoms with Gasteiger partial charge in [0.25, 0.3) is 0 Å². The average Bonchev–Trinajstić information content (AvgIpc) is 3.25. The van der Waals surface area contributed by atoms with Crippen molar-refractivity contribution in [2.75, 3.05) is 19.7 Å². The summed E-state index contributed by atoms with van der Waals surface area (Å²) in [6, 6.07) is 12.0. The number of hydrogen-bond donors (Lipinski definition) is 3. The van der Waals surface area contributed by atoms with E-state index in [0.29, 0.717) is 12.8 Å². The molecule has 0 saturated carbocycles. The molecule has 12 heteroatoms. The van der Waals surface area contributed by atoms with Crippen LogP contribution in [0, 0.1) is 5.82 Å². The van der Waals surface area contributed by atoms with Gasteiger partial charge in [-0.05, 0) is 69.3 Å². The number of amides is 2. The molecule has 0 aliphatic heterocycles. The summed E-state index contributed by atoms with van der Waals surface area (Å²) in [7, 11) is -3.89. The number of thiophene rings is 1.